The molecular weight excluding hydrogens is 486 g/mol. The number of hydrogen-bond donors (Lipinski definition) is 3. The topological polar surface area (TPSA) is 92.6 Å². The number of hydrogen-bond acceptors (Lipinski definition) is 6. The van der Waals surface area contributed by atoms with Crippen LogP contribution in [0.25, 0.3) is 10.2 Å². The van der Waals surface area contributed by atoms with Crippen molar-refractivity contribution in [3.63, 3.8) is 0 Å². The van der Waals surface area contributed by atoms with Gasteiger partial charge in [-0.3, -0.25) is 9.59 Å². The van der Waals surface area contributed by atoms with E-state index in [0.717, 1.165) is 21.0 Å². The molecule has 1 amide bonds. The SMILES string of the molecule is Cn1cc(C(=O)NCc2ccc(Cl)cc2)c(=O)c2cc(COCC(O)CNc3ccccc3)sc21. The molecule has 0 aliphatic carbocycles. The van der Waals surface area contributed by atoms with Crippen molar-refractivity contribution >= 4 is 44.7 Å². The predicted molar refractivity (Wildman–Crippen MR) is 140 cm³/mol. The van der Waals surface area contributed by atoms with Gasteiger partial charge in [0.25, 0.3) is 5.91 Å². The fourth-order valence-electron chi connectivity index (χ4n) is 3.57. The van der Waals surface area contributed by atoms with Gasteiger partial charge in [0.2, 0.25) is 5.43 Å². The maximum Gasteiger partial charge on any atom is 0.257 e. The number of carbonyl (C=O) groups excluding carboxylic acids is 1. The van der Waals surface area contributed by atoms with Crippen molar-refractivity contribution in [2.45, 2.75) is 19.3 Å². The van der Waals surface area contributed by atoms with E-state index in [-0.39, 0.29) is 24.2 Å². The van der Waals surface area contributed by atoms with Crippen LogP contribution in [0.4, 0.5) is 5.69 Å². The number of carbonyl (C=O) groups is 1. The fourth-order valence-corrected chi connectivity index (χ4v) is 4.72. The van der Waals surface area contributed by atoms with Crippen LogP contribution in [0.1, 0.15) is 20.8 Å². The average molecular weight is 512 g/mol. The number of aryl methyl sites for hydroxylation is 1. The van der Waals surface area contributed by atoms with E-state index in [0.29, 0.717) is 23.5 Å². The predicted octanol–water partition coefficient (Wildman–Crippen LogP) is 4.17. The molecule has 0 aliphatic heterocycles. The molecule has 9 heteroatoms. The molecule has 7 nitrogen and oxygen atoms in total. The van der Waals surface area contributed by atoms with Crippen LogP contribution in [-0.4, -0.2) is 34.8 Å². The van der Waals surface area contributed by atoms with Crippen molar-refractivity contribution in [1.29, 1.82) is 0 Å². The summed E-state index contributed by atoms with van der Waals surface area (Å²) in [6, 6.07) is 18.5. The van der Waals surface area contributed by atoms with Crippen molar-refractivity contribution in [3.8, 4) is 0 Å². The number of aliphatic hydroxyl groups excluding tert-OH is 1. The maximum absolute atomic E-state index is 13.0. The van der Waals surface area contributed by atoms with E-state index >= 15 is 0 Å². The Balaban J connectivity index is 1.36. The second kappa shape index (κ2) is 11.5. The molecule has 0 fully saturated rings. The van der Waals surface area contributed by atoms with Gasteiger partial charge < -0.3 is 25.0 Å². The smallest absolute Gasteiger partial charge is 0.257 e. The monoisotopic (exact) mass is 511 g/mol. The lowest BCUT2D eigenvalue weighted by atomic mass is 10.2. The molecule has 0 saturated carbocycles. The van der Waals surface area contributed by atoms with Gasteiger partial charge in [-0.05, 0) is 35.9 Å². The van der Waals surface area contributed by atoms with Gasteiger partial charge in [-0.25, -0.2) is 0 Å². The van der Waals surface area contributed by atoms with Crippen molar-refractivity contribution < 1.29 is 14.6 Å². The van der Waals surface area contributed by atoms with Gasteiger partial charge in [0, 0.05) is 41.9 Å². The molecular formula is C26H26ClN3O4S. The van der Waals surface area contributed by atoms with Crippen LogP contribution in [0.5, 0.6) is 0 Å². The number of amides is 1. The van der Waals surface area contributed by atoms with E-state index in [9.17, 15) is 14.7 Å². The van der Waals surface area contributed by atoms with E-state index in [2.05, 4.69) is 10.6 Å². The number of benzene rings is 2. The molecule has 35 heavy (non-hydrogen) atoms. The minimum atomic E-state index is -0.674. The summed E-state index contributed by atoms with van der Waals surface area (Å²) in [5.41, 5.74) is 1.58. The van der Waals surface area contributed by atoms with Crippen LogP contribution in [0.15, 0.2) is 71.7 Å². The normalized spacial score (nSPS) is 12.0. The van der Waals surface area contributed by atoms with Gasteiger partial charge in [-0.2, -0.15) is 0 Å². The van der Waals surface area contributed by atoms with E-state index in [1.807, 2.05) is 42.5 Å². The Kier molecular flexibility index (Phi) is 8.20. The molecule has 182 valence electrons. The van der Waals surface area contributed by atoms with Gasteiger partial charge in [-0.15, -0.1) is 11.3 Å². The van der Waals surface area contributed by atoms with Crippen LogP contribution >= 0.6 is 22.9 Å². The molecule has 0 saturated heterocycles. The molecule has 0 radical (unpaired) electrons. The molecule has 0 aliphatic rings. The molecule has 2 aromatic heterocycles. The number of nitrogens with one attached hydrogen (secondary N) is 2. The van der Waals surface area contributed by atoms with Crippen molar-refractivity contribution in [3.05, 3.63) is 98.1 Å². The Labute approximate surface area is 211 Å². The minimum Gasteiger partial charge on any atom is -0.389 e. The molecule has 3 N–H and O–H groups in total. The highest BCUT2D eigenvalue weighted by Gasteiger charge is 2.17. The number of ether oxygens (including phenoxy) is 1. The zero-order valence-corrected chi connectivity index (χ0v) is 20.7. The number of halogens is 1. The lowest BCUT2D eigenvalue weighted by Gasteiger charge is -2.12. The van der Waals surface area contributed by atoms with Crippen LogP contribution < -0.4 is 16.1 Å². The summed E-state index contributed by atoms with van der Waals surface area (Å²) in [5.74, 6) is -0.430. The summed E-state index contributed by atoms with van der Waals surface area (Å²) in [6.45, 7) is 1.08. The number of para-hydroxylation sites is 1. The van der Waals surface area contributed by atoms with Gasteiger partial charge >= 0.3 is 0 Å². The highest BCUT2D eigenvalue weighted by molar-refractivity contribution is 7.18. The van der Waals surface area contributed by atoms with E-state index < -0.39 is 12.0 Å². The quantitative estimate of drug-likeness (QED) is 0.297. The third-order valence-corrected chi connectivity index (χ3v) is 6.83. The van der Waals surface area contributed by atoms with Crippen molar-refractivity contribution in [2.75, 3.05) is 18.5 Å². The third-order valence-electron chi connectivity index (χ3n) is 5.38. The first-order valence-corrected chi connectivity index (χ1v) is 12.3. The standard InChI is InChI=1S/C26H26ClN3O4S/c1-30-14-23(25(33)29-12-17-7-9-18(27)10-8-17)24(32)22-11-21(35-26(22)30)16-34-15-20(31)13-28-19-5-3-2-4-6-19/h2-11,14,20,28,31H,12-13,15-16H2,1H3,(H,29,33). The fraction of sp³-hybridized carbons (Fsp3) is 0.231. The van der Waals surface area contributed by atoms with Crippen LogP contribution in [0.2, 0.25) is 5.02 Å². The van der Waals surface area contributed by atoms with Crippen LogP contribution in [-0.2, 0) is 24.9 Å². The van der Waals surface area contributed by atoms with E-state index in [1.54, 1.807) is 36.0 Å². The average Bonchev–Trinajstić information content (AvgIpc) is 3.30. The molecule has 0 spiro atoms. The van der Waals surface area contributed by atoms with Gasteiger partial charge in [0.1, 0.15) is 10.4 Å². The summed E-state index contributed by atoms with van der Waals surface area (Å²) in [4.78, 5) is 27.3. The number of nitrogens with zero attached hydrogens (tertiary/aromatic N) is 1. The number of thiophene rings is 1. The first kappa shape index (κ1) is 24.9. The second-order valence-corrected chi connectivity index (χ2v) is 9.69. The van der Waals surface area contributed by atoms with Crippen LogP contribution in [0.3, 0.4) is 0 Å². The number of aliphatic hydroxyl groups is 1. The summed E-state index contributed by atoms with van der Waals surface area (Å²) in [5, 5.41) is 17.2. The molecule has 1 unspecified atom stereocenters. The summed E-state index contributed by atoms with van der Waals surface area (Å²) >= 11 is 7.32. The zero-order chi connectivity index (χ0) is 24.8. The first-order valence-electron chi connectivity index (χ1n) is 11.1. The summed E-state index contributed by atoms with van der Waals surface area (Å²) in [7, 11) is 1.80. The number of rotatable bonds is 10. The number of pyridine rings is 1. The largest absolute Gasteiger partial charge is 0.389 e. The Morgan fingerprint density at radius 3 is 2.66 bits per heavy atom. The zero-order valence-electron chi connectivity index (χ0n) is 19.2. The van der Waals surface area contributed by atoms with E-state index in [4.69, 9.17) is 16.3 Å². The minimum absolute atomic E-state index is 0.0849. The summed E-state index contributed by atoms with van der Waals surface area (Å²) < 4.78 is 7.45. The highest BCUT2D eigenvalue weighted by Crippen LogP contribution is 2.24. The number of anilines is 1. The Hall–Kier alpha value is -3.17. The summed E-state index contributed by atoms with van der Waals surface area (Å²) in [6.07, 6.45) is 0.883. The van der Waals surface area contributed by atoms with Crippen molar-refractivity contribution in [2.24, 2.45) is 7.05 Å². The molecule has 4 aromatic rings. The molecule has 4 rings (SSSR count). The Morgan fingerprint density at radius 2 is 1.91 bits per heavy atom. The molecule has 1 atom stereocenters. The lowest BCUT2D eigenvalue weighted by molar-refractivity contribution is 0.0359. The molecule has 2 heterocycles. The maximum atomic E-state index is 13.0. The first-order chi connectivity index (χ1) is 16.9. The molecule has 2 aromatic carbocycles. The second-order valence-electron chi connectivity index (χ2n) is 8.14. The Morgan fingerprint density at radius 1 is 1.17 bits per heavy atom. The lowest BCUT2D eigenvalue weighted by Crippen LogP contribution is -2.29. The van der Waals surface area contributed by atoms with Crippen molar-refractivity contribution in [1.82, 2.24) is 9.88 Å². The number of fused-ring (bicyclic) bond motifs is 1. The van der Waals surface area contributed by atoms with Gasteiger partial charge in [0.05, 0.1) is 24.7 Å². The van der Waals surface area contributed by atoms with Crippen LogP contribution in [0, 0.1) is 0 Å². The highest BCUT2D eigenvalue weighted by atomic mass is 35.5. The Bertz CT molecular complexity index is 1350. The number of aromatic nitrogens is 1. The van der Waals surface area contributed by atoms with Gasteiger partial charge in [0.15, 0.2) is 0 Å². The molecule has 0 bridgehead atoms. The van der Waals surface area contributed by atoms with E-state index in [1.165, 1.54) is 11.3 Å². The van der Waals surface area contributed by atoms with Gasteiger partial charge in [-0.1, -0.05) is 41.9 Å². The third kappa shape index (κ3) is 6.49.